The third-order valence-corrected chi connectivity index (χ3v) is 4.40. The van der Waals surface area contributed by atoms with E-state index in [1.165, 1.54) is 0 Å². The molecule has 4 heteroatoms. The van der Waals surface area contributed by atoms with Crippen LogP contribution in [-0.2, 0) is 0 Å². The molecule has 2 aromatic rings. The first-order valence-electron chi connectivity index (χ1n) is 7.94. The highest BCUT2D eigenvalue weighted by atomic mass is 16.3. The molecule has 1 fully saturated rings. The number of aryl methyl sites for hydroxylation is 2. The molecule has 1 aliphatic rings. The van der Waals surface area contributed by atoms with Crippen LogP contribution in [0.15, 0.2) is 36.4 Å². The Kier molecular flexibility index (Phi) is 4.39. The van der Waals surface area contributed by atoms with Crippen molar-refractivity contribution in [3.63, 3.8) is 0 Å². The Morgan fingerprint density at radius 1 is 1.09 bits per heavy atom. The molecular weight excluding hydrogens is 274 g/mol. The number of hydrogen-bond acceptors (Lipinski definition) is 4. The zero-order chi connectivity index (χ0) is 15.5. The summed E-state index contributed by atoms with van der Waals surface area (Å²) < 4.78 is 0. The molecule has 1 atom stereocenters. The number of piperidine rings is 1. The predicted molar refractivity (Wildman–Crippen MR) is 87.8 cm³/mol. The summed E-state index contributed by atoms with van der Waals surface area (Å²) in [6, 6.07) is 12.0. The van der Waals surface area contributed by atoms with Gasteiger partial charge in [-0.25, -0.2) is 9.97 Å². The van der Waals surface area contributed by atoms with Crippen molar-refractivity contribution >= 4 is 5.82 Å². The first-order valence-corrected chi connectivity index (χ1v) is 7.94. The maximum atomic E-state index is 10.5. The van der Waals surface area contributed by atoms with Crippen LogP contribution in [0, 0.1) is 19.8 Å². The lowest BCUT2D eigenvalue weighted by Crippen LogP contribution is -2.36. The van der Waals surface area contributed by atoms with Gasteiger partial charge in [0.25, 0.3) is 0 Å². The molecule has 3 rings (SSSR count). The second kappa shape index (κ2) is 6.44. The Labute approximate surface area is 131 Å². The number of hydrogen-bond donors (Lipinski definition) is 1. The molecule has 0 radical (unpaired) electrons. The average molecular weight is 297 g/mol. The van der Waals surface area contributed by atoms with Gasteiger partial charge in [0.1, 0.15) is 11.6 Å². The van der Waals surface area contributed by atoms with Crippen molar-refractivity contribution in [3.8, 4) is 0 Å². The molecule has 2 heterocycles. The summed E-state index contributed by atoms with van der Waals surface area (Å²) in [6.45, 7) is 5.81. The van der Waals surface area contributed by atoms with E-state index in [2.05, 4.69) is 14.9 Å². The molecule has 1 aromatic carbocycles. The van der Waals surface area contributed by atoms with E-state index in [9.17, 15) is 5.11 Å². The van der Waals surface area contributed by atoms with E-state index >= 15 is 0 Å². The van der Waals surface area contributed by atoms with Gasteiger partial charge in [-0.3, -0.25) is 0 Å². The van der Waals surface area contributed by atoms with Crippen LogP contribution < -0.4 is 4.90 Å². The Morgan fingerprint density at radius 3 is 2.41 bits per heavy atom. The molecule has 1 N–H and O–H groups in total. The van der Waals surface area contributed by atoms with E-state index in [0.29, 0.717) is 5.92 Å². The van der Waals surface area contributed by atoms with E-state index in [1.807, 2.05) is 50.2 Å². The Hall–Kier alpha value is -1.94. The molecule has 4 nitrogen and oxygen atoms in total. The summed E-state index contributed by atoms with van der Waals surface area (Å²) in [5, 5.41) is 10.5. The molecule has 116 valence electrons. The standard InChI is InChI=1S/C18H23N3O/c1-13-12-17(20-14(2)19-13)21-10-8-16(9-11-21)18(22)15-6-4-3-5-7-15/h3-7,12,16,18,22H,8-11H2,1-2H3/t18-/m0/s1. The number of aromatic nitrogens is 2. The Balaban J connectivity index is 1.65. The number of rotatable bonds is 3. The van der Waals surface area contributed by atoms with Gasteiger partial charge >= 0.3 is 0 Å². The molecule has 0 spiro atoms. The minimum atomic E-state index is -0.364. The third kappa shape index (κ3) is 3.28. The second-order valence-corrected chi connectivity index (χ2v) is 6.09. The lowest BCUT2D eigenvalue weighted by Gasteiger charge is -2.35. The molecule has 0 unspecified atom stereocenters. The number of aliphatic hydroxyl groups is 1. The van der Waals surface area contributed by atoms with Crippen molar-refractivity contribution in [1.29, 1.82) is 0 Å². The molecule has 22 heavy (non-hydrogen) atoms. The third-order valence-electron chi connectivity index (χ3n) is 4.40. The van der Waals surface area contributed by atoms with Crippen LogP contribution in [0.25, 0.3) is 0 Å². The van der Waals surface area contributed by atoms with Crippen molar-refractivity contribution < 1.29 is 5.11 Å². The first kappa shape index (κ1) is 15.0. The minimum absolute atomic E-state index is 0.322. The molecule has 0 bridgehead atoms. The fourth-order valence-electron chi connectivity index (χ4n) is 3.23. The van der Waals surface area contributed by atoms with Gasteiger partial charge in [-0.1, -0.05) is 30.3 Å². The fraction of sp³-hybridized carbons (Fsp3) is 0.444. The van der Waals surface area contributed by atoms with Crippen LogP contribution in [0.1, 0.15) is 36.0 Å². The smallest absolute Gasteiger partial charge is 0.132 e. The van der Waals surface area contributed by atoms with Gasteiger partial charge in [0.2, 0.25) is 0 Å². The number of benzene rings is 1. The second-order valence-electron chi connectivity index (χ2n) is 6.09. The largest absolute Gasteiger partial charge is 0.388 e. The highest BCUT2D eigenvalue weighted by molar-refractivity contribution is 5.40. The van der Waals surface area contributed by atoms with Gasteiger partial charge in [-0.2, -0.15) is 0 Å². The first-order chi connectivity index (χ1) is 10.6. The van der Waals surface area contributed by atoms with E-state index in [1.54, 1.807) is 0 Å². The van der Waals surface area contributed by atoms with Crippen LogP contribution >= 0.6 is 0 Å². The maximum absolute atomic E-state index is 10.5. The van der Waals surface area contributed by atoms with Crippen molar-refractivity contribution in [3.05, 3.63) is 53.5 Å². The quantitative estimate of drug-likeness (QED) is 0.946. The van der Waals surface area contributed by atoms with Gasteiger partial charge < -0.3 is 10.0 Å². The predicted octanol–water partition coefficient (Wildman–Crippen LogP) is 3.04. The normalized spacial score (nSPS) is 17.5. The molecule has 1 saturated heterocycles. The SMILES string of the molecule is Cc1cc(N2CCC([C@@H](O)c3ccccc3)CC2)nc(C)n1. The number of aliphatic hydroxyl groups excluding tert-OH is 1. The van der Waals surface area contributed by atoms with Gasteiger partial charge in [0.15, 0.2) is 0 Å². The van der Waals surface area contributed by atoms with Crippen LogP contribution in [0.4, 0.5) is 5.82 Å². The van der Waals surface area contributed by atoms with E-state index < -0.39 is 0 Å². The molecule has 0 saturated carbocycles. The fourth-order valence-corrected chi connectivity index (χ4v) is 3.23. The van der Waals surface area contributed by atoms with Gasteiger partial charge in [-0.15, -0.1) is 0 Å². The summed E-state index contributed by atoms with van der Waals surface area (Å²) in [4.78, 5) is 11.2. The van der Waals surface area contributed by atoms with Crippen LogP contribution in [0.5, 0.6) is 0 Å². The van der Waals surface area contributed by atoms with E-state index in [-0.39, 0.29) is 6.10 Å². The zero-order valence-electron chi connectivity index (χ0n) is 13.2. The van der Waals surface area contributed by atoms with Gasteiger partial charge in [0, 0.05) is 24.8 Å². The van der Waals surface area contributed by atoms with E-state index in [4.69, 9.17) is 0 Å². The van der Waals surface area contributed by atoms with Crippen molar-refractivity contribution in [2.75, 3.05) is 18.0 Å². The van der Waals surface area contributed by atoms with Gasteiger partial charge in [-0.05, 0) is 38.2 Å². The minimum Gasteiger partial charge on any atom is -0.388 e. The summed E-state index contributed by atoms with van der Waals surface area (Å²) in [5.74, 6) is 2.15. The molecule has 0 aliphatic carbocycles. The number of nitrogens with zero attached hydrogens (tertiary/aromatic N) is 3. The highest BCUT2D eigenvalue weighted by Gasteiger charge is 2.26. The molecule has 0 amide bonds. The van der Waals surface area contributed by atoms with Crippen LogP contribution in [0.3, 0.4) is 0 Å². The maximum Gasteiger partial charge on any atom is 0.132 e. The lowest BCUT2D eigenvalue weighted by molar-refractivity contribution is 0.0929. The Bertz CT molecular complexity index is 601. The van der Waals surface area contributed by atoms with Crippen molar-refractivity contribution in [2.24, 2.45) is 5.92 Å². The van der Waals surface area contributed by atoms with E-state index in [0.717, 1.165) is 48.8 Å². The summed E-state index contributed by atoms with van der Waals surface area (Å²) >= 11 is 0. The summed E-state index contributed by atoms with van der Waals surface area (Å²) in [7, 11) is 0. The molecule has 1 aliphatic heterocycles. The number of anilines is 1. The van der Waals surface area contributed by atoms with Crippen LogP contribution in [-0.4, -0.2) is 28.2 Å². The zero-order valence-corrected chi connectivity index (χ0v) is 13.2. The highest BCUT2D eigenvalue weighted by Crippen LogP contribution is 2.31. The van der Waals surface area contributed by atoms with Gasteiger partial charge in [0.05, 0.1) is 6.10 Å². The summed E-state index contributed by atoms with van der Waals surface area (Å²) in [5.41, 5.74) is 2.03. The Morgan fingerprint density at radius 2 is 1.77 bits per heavy atom. The molecule has 1 aromatic heterocycles. The summed E-state index contributed by atoms with van der Waals surface area (Å²) in [6.07, 6.45) is 1.60. The molecular formula is C18H23N3O. The van der Waals surface area contributed by atoms with Crippen molar-refractivity contribution in [2.45, 2.75) is 32.8 Å². The lowest BCUT2D eigenvalue weighted by atomic mass is 9.87. The van der Waals surface area contributed by atoms with Crippen molar-refractivity contribution in [1.82, 2.24) is 9.97 Å². The van der Waals surface area contributed by atoms with Crippen LogP contribution in [0.2, 0.25) is 0 Å². The average Bonchev–Trinajstić information content (AvgIpc) is 2.54. The topological polar surface area (TPSA) is 49.2 Å². The monoisotopic (exact) mass is 297 g/mol.